The maximum absolute atomic E-state index is 12.2. The molecule has 0 aromatic carbocycles. The van der Waals surface area contributed by atoms with E-state index in [0.29, 0.717) is 22.6 Å². The Labute approximate surface area is 133 Å². The maximum atomic E-state index is 12.2. The number of allylic oxidation sites excluding steroid dienone is 1. The molecule has 116 valence electrons. The molecular formula is C15H22BrN3O2. The van der Waals surface area contributed by atoms with Crippen molar-refractivity contribution in [3.8, 4) is 0 Å². The average molecular weight is 356 g/mol. The van der Waals surface area contributed by atoms with Crippen LogP contribution in [0.1, 0.15) is 32.6 Å². The Bertz CT molecular complexity index is 573. The lowest BCUT2D eigenvalue weighted by molar-refractivity contribution is 0.149. The van der Waals surface area contributed by atoms with Gasteiger partial charge in [-0.25, -0.2) is 4.68 Å². The minimum absolute atomic E-state index is 0.0551. The Kier molecular flexibility index (Phi) is 5.22. The van der Waals surface area contributed by atoms with Gasteiger partial charge in [0.2, 0.25) is 0 Å². The second-order valence-corrected chi connectivity index (χ2v) is 6.71. The lowest BCUT2D eigenvalue weighted by atomic mass is 9.77. The molecule has 1 heterocycles. The molecule has 5 nitrogen and oxygen atoms in total. The number of hydrogen-bond acceptors (Lipinski definition) is 4. The van der Waals surface area contributed by atoms with Crippen molar-refractivity contribution in [3.05, 3.63) is 33.7 Å². The largest absolute Gasteiger partial charge is 0.394 e. The quantitative estimate of drug-likeness (QED) is 0.796. The number of aliphatic hydroxyl groups excluding tert-OH is 1. The second-order valence-electron chi connectivity index (χ2n) is 5.91. The van der Waals surface area contributed by atoms with Crippen LogP contribution in [0.4, 0.5) is 5.69 Å². The number of nitrogens with one attached hydrogen (secondary N) is 1. The van der Waals surface area contributed by atoms with Crippen molar-refractivity contribution >= 4 is 21.6 Å². The summed E-state index contributed by atoms with van der Waals surface area (Å²) in [5.41, 5.74) is 0.0826. The number of hydrogen-bond donors (Lipinski definition) is 2. The Balaban J connectivity index is 2.28. The van der Waals surface area contributed by atoms with E-state index in [9.17, 15) is 9.90 Å². The zero-order valence-corrected chi connectivity index (χ0v) is 13.9. The van der Waals surface area contributed by atoms with Gasteiger partial charge >= 0.3 is 0 Å². The third kappa shape index (κ3) is 3.55. The van der Waals surface area contributed by atoms with Gasteiger partial charge < -0.3 is 10.4 Å². The molecule has 1 fully saturated rings. The third-order valence-corrected chi connectivity index (χ3v) is 4.85. The molecule has 0 amide bonds. The first-order valence-electron chi connectivity index (χ1n) is 7.27. The van der Waals surface area contributed by atoms with Crippen molar-refractivity contribution in [1.29, 1.82) is 0 Å². The standard InChI is InChI=1S/C15H22BrN3O2/c1-3-7-19-14(21)13(16)12(9-17-19)18-15(10-20)6-4-5-11(2)8-15/h3,9,11,18,20H,1,4-8,10H2,2H3. The fourth-order valence-electron chi connectivity index (χ4n) is 3.05. The van der Waals surface area contributed by atoms with Crippen molar-refractivity contribution in [2.45, 2.75) is 44.7 Å². The molecule has 0 radical (unpaired) electrons. The van der Waals surface area contributed by atoms with Gasteiger partial charge in [0.15, 0.2) is 0 Å². The zero-order valence-electron chi connectivity index (χ0n) is 12.3. The van der Waals surface area contributed by atoms with Crippen LogP contribution in [0.3, 0.4) is 0 Å². The van der Waals surface area contributed by atoms with Gasteiger partial charge in [-0.05, 0) is 34.7 Å². The highest BCUT2D eigenvalue weighted by Gasteiger charge is 2.35. The maximum Gasteiger partial charge on any atom is 0.283 e. The van der Waals surface area contributed by atoms with Crippen molar-refractivity contribution in [3.63, 3.8) is 0 Å². The molecule has 0 aliphatic heterocycles. The predicted molar refractivity (Wildman–Crippen MR) is 87.5 cm³/mol. The molecule has 2 rings (SSSR count). The molecule has 21 heavy (non-hydrogen) atoms. The van der Waals surface area contributed by atoms with Crippen LogP contribution < -0.4 is 10.9 Å². The van der Waals surface area contributed by atoms with Crippen LogP contribution in [-0.4, -0.2) is 27.0 Å². The van der Waals surface area contributed by atoms with Gasteiger partial charge in [-0.1, -0.05) is 25.8 Å². The molecule has 1 aromatic heterocycles. The molecule has 2 N–H and O–H groups in total. The van der Waals surface area contributed by atoms with E-state index in [2.05, 4.69) is 39.8 Å². The van der Waals surface area contributed by atoms with Gasteiger partial charge in [-0.15, -0.1) is 6.58 Å². The van der Waals surface area contributed by atoms with Crippen molar-refractivity contribution < 1.29 is 5.11 Å². The van der Waals surface area contributed by atoms with Crippen LogP contribution in [0.25, 0.3) is 0 Å². The first-order valence-corrected chi connectivity index (χ1v) is 8.06. The number of aliphatic hydroxyl groups is 1. The minimum Gasteiger partial charge on any atom is -0.394 e. The lowest BCUT2D eigenvalue weighted by Gasteiger charge is -2.40. The number of rotatable bonds is 5. The molecule has 2 unspecified atom stereocenters. The van der Waals surface area contributed by atoms with E-state index in [-0.39, 0.29) is 17.7 Å². The van der Waals surface area contributed by atoms with Crippen molar-refractivity contribution in [2.24, 2.45) is 5.92 Å². The van der Waals surface area contributed by atoms with Crippen LogP contribution in [-0.2, 0) is 6.54 Å². The molecule has 1 saturated carbocycles. The van der Waals surface area contributed by atoms with Gasteiger partial charge in [-0.3, -0.25) is 4.79 Å². The Hall–Kier alpha value is -1.14. The predicted octanol–water partition coefficient (Wildman–Crippen LogP) is 2.54. The molecule has 0 bridgehead atoms. The summed E-state index contributed by atoms with van der Waals surface area (Å²) < 4.78 is 1.79. The highest BCUT2D eigenvalue weighted by Crippen LogP contribution is 2.35. The van der Waals surface area contributed by atoms with E-state index >= 15 is 0 Å². The summed E-state index contributed by atoms with van der Waals surface area (Å²) in [7, 11) is 0. The van der Waals surface area contributed by atoms with Gasteiger partial charge in [0.05, 0.1) is 30.6 Å². The average Bonchev–Trinajstić information content (AvgIpc) is 2.47. The zero-order chi connectivity index (χ0) is 15.5. The highest BCUT2D eigenvalue weighted by molar-refractivity contribution is 9.10. The van der Waals surface area contributed by atoms with E-state index in [1.165, 1.54) is 11.1 Å². The molecule has 1 aliphatic rings. The Morgan fingerprint density at radius 1 is 1.71 bits per heavy atom. The van der Waals surface area contributed by atoms with E-state index in [0.717, 1.165) is 19.3 Å². The molecular weight excluding hydrogens is 334 g/mol. The van der Waals surface area contributed by atoms with Crippen LogP contribution in [0.15, 0.2) is 28.1 Å². The third-order valence-electron chi connectivity index (χ3n) is 4.08. The van der Waals surface area contributed by atoms with Crippen LogP contribution >= 0.6 is 15.9 Å². The smallest absolute Gasteiger partial charge is 0.283 e. The summed E-state index contributed by atoms with van der Waals surface area (Å²) in [5, 5.41) is 17.3. The molecule has 1 aliphatic carbocycles. The van der Waals surface area contributed by atoms with E-state index in [4.69, 9.17) is 0 Å². The number of anilines is 1. The molecule has 2 atom stereocenters. The van der Waals surface area contributed by atoms with E-state index in [1.54, 1.807) is 12.3 Å². The summed E-state index contributed by atoms with van der Waals surface area (Å²) in [5.74, 6) is 0.561. The van der Waals surface area contributed by atoms with Crippen LogP contribution in [0, 0.1) is 5.92 Å². The topological polar surface area (TPSA) is 67.2 Å². The SMILES string of the molecule is C=CCn1ncc(NC2(CO)CCCC(C)C2)c(Br)c1=O. The van der Waals surface area contributed by atoms with Crippen molar-refractivity contribution in [2.75, 3.05) is 11.9 Å². The van der Waals surface area contributed by atoms with E-state index < -0.39 is 0 Å². The fourth-order valence-corrected chi connectivity index (χ4v) is 3.45. The van der Waals surface area contributed by atoms with Crippen LogP contribution in [0.2, 0.25) is 0 Å². The van der Waals surface area contributed by atoms with Gasteiger partial charge in [0.1, 0.15) is 4.47 Å². The molecule has 0 spiro atoms. The fraction of sp³-hybridized carbons (Fsp3) is 0.600. The van der Waals surface area contributed by atoms with Gasteiger partial charge in [0.25, 0.3) is 5.56 Å². The first-order chi connectivity index (χ1) is 10.0. The molecule has 0 saturated heterocycles. The summed E-state index contributed by atoms with van der Waals surface area (Å²) in [6.07, 6.45) is 7.32. The minimum atomic E-state index is -0.362. The lowest BCUT2D eigenvalue weighted by Crippen LogP contribution is -2.46. The van der Waals surface area contributed by atoms with Gasteiger partial charge in [-0.2, -0.15) is 5.10 Å². The first kappa shape index (κ1) is 16.2. The summed E-state index contributed by atoms with van der Waals surface area (Å²) >= 11 is 3.34. The van der Waals surface area contributed by atoms with Crippen molar-refractivity contribution in [1.82, 2.24) is 9.78 Å². The molecule has 1 aromatic rings. The summed E-state index contributed by atoms with van der Waals surface area (Å²) in [6.45, 7) is 6.24. The van der Waals surface area contributed by atoms with Gasteiger partial charge in [0, 0.05) is 0 Å². The molecule has 6 heteroatoms. The van der Waals surface area contributed by atoms with Crippen LogP contribution in [0.5, 0.6) is 0 Å². The summed E-state index contributed by atoms with van der Waals surface area (Å²) in [6, 6.07) is 0. The normalized spacial score (nSPS) is 25.6. The Morgan fingerprint density at radius 2 is 2.48 bits per heavy atom. The number of nitrogens with zero attached hydrogens (tertiary/aromatic N) is 2. The number of halogens is 1. The monoisotopic (exact) mass is 355 g/mol. The Morgan fingerprint density at radius 3 is 3.10 bits per heavy atom. The second kappa shape index (κ2) is 6.75. The number of aromatic nitrogens is 2. The summed E-state index contributed by atoms with van der Waals surface area (Å²) in [4.78, 5) is 12.2. The van der Waals surface area contributed by atoms with E-state index in [1.807, 2.05) is 0 Å². The highest BCUT2D eigenvalue weighted by atomic mass is 79.9.